The zero-order valence-electron chi connectivity index (χ0n) is 10.3. The zero-order chi connectivity index (χ0) is 12.4. The Balaban J connectivity index is 2.39. The van der Waals surface area contributed by atoms with Crippen LogP contribution in [0.5, 0.6) is 5.75 Å². The summed E-state index contributed by atoms with van der Waals surface area (Å²) in [5.74, 6) is 0.693. The second kappa shape index (κ2) is 4.94. The monoisotopic (exact) mass is 237 g/mol. The first-order chi connectivity index (χ1) is 8.13. The van der Waals surface area contributed by atoms with Gasteiger partial charge in [-0.25, -0.2) is 0 Å². The highest BCUT2D eigenvalue weighted by molar-refractivity contribution is 5.61. The van der Waals surface area contributed by atoms with Crippen LogP contribution in [0.4, 0.5) is 5.69 Å². The summed E-state index contributed by atoms with van der Waals surface area (Å²) >= 11 is 0. The number of nitrogens with zero attached hydrogens (tertiary/aromatic N) is 1. The summed E-state index contributed by atoms with van der Waals surface area (Å²) in [5, 5.41) is 19.5. The van der Waals surface area contributed by atoms with Crippen molar-refractivity contribution in [2.45, 2.75) is 25.6 Å². The number of ether oxygens (including phenoxy) is 1. The van der Waals surface area contributed by atoms with Gasteiger partial charge in [-0.1, -0.05) is 6.07 Å². The van der Waals surface area contributed by atoms with E-state index in [0.29, 0.717) is 12.3 Å². The molecule has 2 atom stereocenters. The Morgan fingerprint density at radius 1 is 1.47 bits per heavy atom. The van der Waals surface area contributed by atoms with Crippen molar-refractivity contribution in [3.05, 3.63) is 23.8 Å². The maximum atomic E-state index is 9.87. The van der Waals surface area contributed by atoms with Crippen molar-refractivity contribution < 1.29 is 14.9 Å². The van der Waals surface area contributed by atoms with Gasteiger partial charge in [0.25, 0.3) is 0 Å². The highest BCUT2D eigenvalue weighted by Gasteiger charge is 2.25. The first-order valence-electron chi connectivity index (χ1n) is 5.91. The fourth-order valence-corrected chi connectivity index (χ4v) is 2.37. The van der Waals surface area contributed by atoms with Crippen LogP contribution in [0.15, 0.2) is 18.2 Å². The van der Waals surface area contributed by atoms with Crippen LogP contribution in [0.3, 0.4) is 0 Å². The topological polar surface area (TPSA) is 52.9 Å². The van der Waals surface area contributed by atoms with Gasteiger partial charge in [-0.15, -0.1) is 0 Å². The molecule has 4 heteroatoms. The molecule has 0 radical (unpaired) electrons. The van der Waals surface area contributed by atoms with Gasteiger partial charge in [0, 0.05) is 24.3 Å². The molecule has 1 aromatic carbocycles. The summed E-state index contributed by atoms with van der Waals surface area (Å²) in [7, 11) is 1.60. The standard InChI is InChI=1S/C13H19NO3/c1-9(15)13-11(4-3-5-12(13)17-2)14-7-6-10(16)8-14/h3-5,9-10,15-16H,6-8H2,1-2H3. The quantitative estimate of drug-likeness (QED) is 0.832. The normalized spacial score (nSPS) is 21.6. The first-order valence-corrected chi connectivity index (χ1v) is 5.91. The van der Waals surface area contributed by atoms with Crippen molar-refractivity contribution in [2.75, 3.05) is 25.1 Å². The van der Waals surface area contributed by atoms with Gasteiger partial charge in [-0.3, -0.25) is 0 Å². The second-order valence-electron chi connectivity index (χ2n) is 4.46. The summed E-state index contributed by atoms with van der Waals surface area (Å²) in [5.41, 5.74) is 1.75. The van der Waals surface area contributed by atoms with Gasteiger partial charge in [-0.05, 0) is 25.5 Å². The van der Waals surface area contributed by atoms with E-state index < -0.39 is 6.10 Å². The molecule has 4 nitrogen and oxygen atoms in total. The van der Waals surface area contributed by atoms with Crippen LogP contribution in [-0.4, -0.2) is 36.5 Å². The van der Waals surface area contributed by atoms with Crippen LogP contribution >= 0.6 is 0 Å². The van der Waals surface area contributed by atoms with E-state index in [1.165, 1.54) is 0 Å². The largest absolute Gasteiger partial charge is 0.496 e. The summed E-state index contributed by atoms with van der Waals surface area (Å²) in [6.07, 6.45) is -0.0850. The van der Waals surface area contributed by atoms with Crippen molar-refractivity contribution in [1.82, 2.24) is 0 Å². The van der Waals surface area contributed by atoms with Gasteiger partial charge in [0.05, 0.1) is 19.3 Å². The molecule has 0 aromatic heterocycles. The molecule has 2 unspecified atom stereocenters. The molecule has 0 amide bonds. The van der Waals surface area contributed by atoms with Crippen LogP contribution in [0.1, 0.15) is 25.0 Å². The molecule has 17 heavy (non-hydrogen) atoms. The zero-order valence-corrected chi connectivity index (χ0v) is 10.3. The van der Waals surface area contributed by atoms with E-state index in [-0.39, 0.29) is 6.10 Å². The molecule has 1 aromatic rings. The Kier molecular flexibility index (Phi) is 3.54. The Hall–Kier alpha value is -1.26. The maximum Gasteiger partial charge on any atom is 0.126 e. The molecular formula is C13H19NO3. The van der Waals surface area contributed by atoms with E-state index in [1.807, 2.05) is 18.2 Å². The van der Waals surface area contributed by atoms with Crippen molar-refractivity contribution >= 4 is 5.69 Å². The van der Waals surface area contributed by atoms with Gasteiger partial charge in [0.2, 0.25) is 0 Å². The Bertz CT molecular complexity index is 392. The number of hydrogen-bond donors (Lipinski definition) is 2. The number of anilines is 1. The maximum absolute atomic E-state index is 9.87. The Labute approximate surface area is 101 Å². The fourth-order valence-electron chi connectivity index (χ4n) is 2.37. The molecule has 1 fully saturated rings. The number of hydrogen-bond acceptors (Lipinski definition) is 4. The van der Waals surface area contributed by atoms with Crippen LogP contribution in [0.2, 0.25) is 0 Å². The Morgan fingerprint density at radius 2 is 2.24 bits per heavy atom. The molecule has 1 aliphatic heterocycles. The van der Waals surface area contributed by atoms with Crippen molar-refractivity contribution in [3.8, 4) is 5.75 Å². The number of aliphatic hydroxyl groups is 2. The first kappa shape index (κ1) is 12.2. The molecule has 0 bridgehead atoms. The molecule has 0 aliphatic carbocycles. The number of benzene rings is 1. The average molecular weight is 237 g/mol. The van der Waals surface area contributed by atoms with Crippen LogP contribution < -0.4 is 9.64 Å². The lowest BCUT2D eigenvalue weighted by Crippen LogP contribution is -2.23. The van der Waals surface area contributed by atoms with E-state index >= 15 is 0 Å². The predicted octanol–water partition coefficient (Wildman–Crippen LogP) is 1.32. The minimum Gasteiger partial charge on any atom is -0.496 e. The highest BCUT2D eigenvalue weighted by atomic mass is 16.5. The summed E-state index contributed by atoms with van der Waals surface area (Å²) in [6, 6.07) is 5.71. The summed E-state index contributed by atoms with van der Waals surface area (Å²) in [6.45, 7) is 3.16. The third-order valence-corrected chi connectivity index (χ3v) is 3.18. The van der Waals surface area contributed by atoms with Crippen LogP contribution in [0.25, 0.3) is 0 Å². The molecule has 1 aliphatic rings. The molecule has 2 N–H and O–H groups in total. The number of β-amino-alcohol motifs (C(OH)–C–C–N with tert-alkyl or cyclic N) is 1. The number of aliphatic hydroxyl groups excluding tert-OH is 2. The molecular weight excluding hydrogens is 218 g/mol. The molecule has 2 rings (SSSR count). The molecule has 1 heterocycles. The second-order valence-corrected chi connectivity index (χ2v) is 4.46. The highest BCUT2D eigenvalue weighted by Crippen LogP contribution is 2.35. The molecule has 0 saturated carbocycles. The third kappa shape index (κ3) is 2.37. The molecule has 94 valence electrons. The van der Waals surface area contributed by atoms with Gasteiger partial charge >= 0.3 is 0 Å². The van der Waals surface area contributed by atoms with E-state index in [4.69, 9.17) is 4.74 Å². The Morgan fingerprint density at radius 3 is 2.76 bits per heavy atom. The van der Waals surface area contributed by atoms with E-state index in [0.717, 1.165) is 24.2 Å². The fraction of sp³-hybridized carbons (Fsp3) is 0.538. The van der Waals surface area contributed by atoms with Crippen molar-refractivity contribution in [3.63, 3.8) is 0 Å². The molecule has 1 saturated heterocycles. The van der Waals surface area contributed by atoms with Crippen LogP contribution in [-0.2, 0) is 0 Å². The van der Waals surface area contributed by atoms with Gasteiger partial charge in [0.1, 0.15) is 5.75 Å². The summed E-state index contributed by atoms with van der Waals surface area (Å²) in [4.78, 5) is 2.09. The van der Waals surface area contributed by atoms with E-state index in [9.17, 15) is 10.2 Å². The lowest BCUT2D eigenvalue weighted by Gasteiger charge is -2.24. The summed E-state index contributed by atoms with van der Waals surface area (Å²) < 4.78 is 5.28. The number of methoxy groups -OCH3 is 1. The smallest absolute Gasteiger partial charge is 0.126 e. The minimum absolute atomic E-state index is 0.275. The molecule has 0 spiro atoms. The van der Waals surface area contributed by atoms with Gasteiger partial charge in [0.15, 0.2) is 0 Å². The minimum atomic E-state index is -0.584. The van der Waals surface area contributed by atoms with E-state index in [1.54, 1.807) is 14.0 Å². The van der Waals surface area contributed by atoms with Gasteiger partial charge < -0.3 is 19.8 Å². The average Bonchev–Trinajstić information content (AvgIpc) is 2.74. The van der Waals surface area contributed by atoms with Gasteiger partial charge in [-0.2, -0.15) is 0 Å². The van der Waals surface area contributed by atoms with Crippen molar-refractivity contribution in [1.29, 1.82) is 0 Å². The van der Waals surface area contributed by atoms with Crippen LogP contribution in [0, 0.1) is 0 Å². The lowest BCUT2D eigenvalue weighted by molar-refractivity contribution is 0.193. The predicted molar refractivity (Wildman–Crippen MR) is 66.5 cm³/mol. The van der Waals surface area contributed by atoms with Crippen molar-refractivity contribution in [2.24, 2.45) is 0 Å². The number of rotatable bonds is 3. The SMILES string of the molecule is COc1cccc(N2CCC(O)C2)c1C(C)O. The van der Waals surface area contributed by atoms with E-state index in [2.05, 4.69) is 4.90 Å². The third-order valence-electron chi connectivity index (χ3n) is 3.18. The lowest BCUT2D eigenvalue weighted by atomic mass is 10.1.